The molecule has 0 saturated heterocycles. The van der Waals surface area contributed by atoms with Gasteiger partial charge in [0.15, 0.2) is 0 Å². The minimum atomic E-state index is -0.485. The van der Waals surface area contributed by atoms with Crippen molar-refractivity contribution in [1.82, 2.24) is 21.3 Å². The minimum absolute atomic E-state index is 0.0865. The van der Waals surface area contributed by atoms with E-state index < -0.39 is 11.9 Å². The van der Waals surface area contributed by atoms with Gasteiger partial charge >= 0.3 is 24.0 Å². The lowest BCUT2D eigenvalue weighted by Crippen LogP contribution is -2.38. The van der Waals surface area contributed by atoms with Gasteiger partial charge in [-0.3, -0.25) is 0 Å². The number of nitrogens with one attached hydrogen (secondary N) is 4. The molecule has 0 rings (SSSR count). The van der Waals surface area contributed by atoms with E-state index in [1.807, 2.05) is 0 Å². The third-order valence-corrected chi connectivity index (χ3v) is 3.36. The fourth-order valence-corrected chi connectivity index (χ4v) is 1.82. The molecule has 0 spiro atoms. The van der Waals surface area contributed by atoms with Crippen LogP contribution in [0.3, 0.4) is 0 Å². The zero-order valence-electron chi connectivity index (χ0n) is 17.2. The molecule has 0 fully saturated rings. The van der Waals surface area contributed by atoms with E-state index in [1.54, 1.807) is 13.8 Å². The molecule has 0 bridgehead atoms. The summed E-state index contributed by atoms with van der Waals surface area (Å²) in [7, 11) is 0. The summed E-state index contributed by atoms with van der Waals surface area (Å²) in [6, 6.07) is -0.664. The second-order valence-corrected chi connectivity index (χ2v) is 6.26. The summed E-state index contributed by atoms with van der Waals surface area (Å²) in [5, 5.41) is 10.5. The number of carbonyl (C=O) groups is 4. The highest BCUT2D eigenvalue weighted by atomic mass is 16.5. The first-order valence-corrected chi connectivity index (χ1v) is 9.42. The summed E-state index contributed by atoms with van der Waals surface area (Å²) >= 11 is 0. The molecule has 0 aliphatic heterocycles. The molecule has 0 aromatic carbocycles. The van der Waals surface area contributed by atoms with Crippen molar-refractivity contribution in [3.63, 3.8) is 0 Å². The Balaban J connectivity index is 3.47. The predicted octanol–water partition coefficient (Wildman–Crippen LogP) is 0.994. The molecule has 0 aliphatic carbocycles. The van der Waals surface area contributed by atoms with Crippen molar-refractivity contribution in [2.45, 2.75) is 33.1 Å². The summed E-state index contributed by atoms with van der Waals surface area (Å²) in [4.78, 5) is 45.3. The van der Waals surface area contributed by atoms with Crippen LogP contribution in [0.2, 0.25) is 0 Å². The van der Waals surface area contributed by atoms with Crippen molar-refractivity contribution in [3.05, 3.63) is 24.3 Å². The van der Waals surface area contributed by atoms with Crippen LogP contribution in [0, 0.1) is 0 Å². The zero-order chi connectivity index (χ0) is 22.1. The fraction of sp³-hybridized carbons (Fsp3) is 0.579. The lowest BCUT2D eigenvalue weighted by Gasteiger charge is -2.09. The molecule has 0 saturated carbocycles. The molecule has 4 N–H and O–H groups in total. The standard InChI is InChI=1S/C19H32N4O6/c1-14(2)16(24)28-12-10-22-18(26)20-8-6-5-7-9-21-19(27)23-11-13-29-17(25)15(3)4/h1,3,5-13H2,2,4H3,(H2,20,22,26)(H2,21,23,27). The zero-order valence-corrected chi connectivity index (χ0v) is 17.2. The molecule has 0 aliphatic rings. The molecule has 4 amide bonds. The molecule has 0 radical (unpaired) electrons. The Morgan fingerprint density at radius 3 is 1.31 bits per heavy atom. The van der Waals surface area contributed by atoms with Gasteiger partial charge < -0.3 is 30.7 Å². The maximum absolute atomic E-state index is 11.5. The average Bonchev–Trinajstić information content (AvgIpc) is 2.67. The van der Waals surface area contributed by atoms with Crippen LogP contribution in [-0.2, 0) is 19.1 Å². The molecule has 0 unspecified atom stereocenters. The van der Waals surface area contributed by atoms with Gasteiger partial charge in [0.2, 0.25) is 0 Å². The first-order chi connectivity index (χ1) is 13.7. The van der Waals surface area contributed by atoms with Gasteiger partial charge in [-0.1, -0.05) is 13.2 Å². The molecule has 0 aromatic rings. The molecular formula is C19H32N4O6. The van der Waals surface area contributed by atoms with E-state index in [1.165, 1.54) is 0 Å². The van der Waals surface area contributed by atoms with Crippen LogP contribution in [-0.4, -0.2) is 63.4 Å². The van der Waals surface area contributed by atoms with Crippen LogP contribution < -0.4 is 21.3 Å². The van der Waals surface area contributed by atoms with Gasteiger partial charge in [0.1, 0.15) is 13.2 Å². The van der Waals surface area contributed by atoms with Gasteiger partial charge in [0.25, 0.3) is 0 Å². The third-order valence-electron chi connectivity index (χ3n) is 3.36. The highest BCUT2D eigenvalue weighted by Crippen LogP contribution is 1.93. The van der Waals surface area contributed by atoms with E-state index in [9.17, 15) is 19.2 Å². The SMILES string of the molecule is C=C(C)C(=O)OCCNC(=O)NCCCCCNC(=O)NCCOC(=O)C(=C)C. The second kappa shape index (κ2) is 16.0. The monoisotopic (exact) mass is 412 g/mol. The first-order valence-electron chi connectivity index (χ1n) is 9.42. The lowest BCUT2D eigenvalue weighted by molar-refractivity contribution is -0.139. The Labute approximate surface area is 171 Å². The van der Waals surface area contributed by atoms with Gasteiger partial charge in [-0.05, 0) is 33.1 Å². The van der Waals surface area contributed by atoms with E-state index >= 15 is 0 Å². The Kier molecular flexibility index (Phi) is 14.3. The summed E-state index contributed by atoms with van der Waals surface area (Å²) < 4.78 is 9.70. The van der Waals surface area contributed by atoms with Gasteiger partial charge in [0.05, 0.1) is 13.1 Å². The van der Waals surface area contributed by atoms with Crippen molar-refractivity contribution < 1.29 is 28.7 Å². The number of rotatable bonds is 14. The predicted molar refractivity (Wildman–Crippen MR) is 108 cm³/mol. The second-order valence-electron chi connectivity index (χ2n) is 6.26. The first kappa shape index (κ1) is 26.0. The largest absolute Gasteiger partial charge is 0.460 e. The normalized spacial score (nSPS) is 9.72. The molecule has 164 valence electrons. The molecule has 0 aromatic heterocycles. The van der Waals surface area contributed by atoms with Crippen LogP contribution >= 0.6 is 0 Å². The number of esters is 2. The topological polar surface area (TPSA) is 135 Å². The fourth-order valence-electron chi connectivity index (χ4n) is 1.82. The van der Waals surface area contributed by atoms with Crippen LogP contribution in [0.4, 0.5) is 9.59 Å². The van der Waals surface area contributed by atoms with Gasteiger partial charge in [-0.25, -0.2) is 19.2 Å². The van der Waals surface area contributed by atoms with Crippen LogP contribution in [0.25, 0.3) is 0 Å². The maximum Gasteiger partial charge on any atom is 0.333 e. The number of carbonyl (C=O) groups excluding carboxylic acids is 4. The Hall–Kier alpha value is -3.04. The minimum Gasteiger partial charge on any atom is -0.460 e. The summed E-state index contributed by atoms with van der Waals surface area (Å²) in [6.45, 7) is 11.6. The number of amides is 4. The molecule has 10 heteroatoms. The van der Waals surface area contributed by atoms with Crippen molar-refractivity contribution in [2.24, 2.45) is 0 Å². The summed E-state index contributed by atoms with van der Waals surface area (Å²) in [5.41, 5.74) is 0.621. The molecule has 29 heavy (non-hydrogen) atoms. The van der Waals surface area contributed by atoms with Crippen molar-refractivity contribution in [1.29, 1.82) is 0 Å². The number of hydrogen-bond donors (Lipinski definition) is 4. The number of unbranched alkanes of at least 4 members (excludes halogenated alkanes) is 2. The summed E-state index contributed by atoms with van der Waals surface area (Å²) in [6.07, 6.45) is 2.35. The van der Waals surface area contributed by atoms with Crippen molar-refractivity contribution >= 4 is 24.0 Å². The van der Waals surface area contributed by atoms with Crippen LogP contribution in [0.5, 0.6) is 0 Å². The maximum atomic E-state index is 11.5. The van der Waals surface area contributed by atoms with Gasteiger partial charge in [-0.2, -0.15) is 0 Å². The van der Waals surface area contributed by atoms with E-state index in [0.717, 1.165) is 19.3 Å². The number of hydrogen-bond acceptors (Lipinski definition) is 6. The van der Waals surface area contributed by atoms with E-state index in [0.29, 0.717) is 24.2 Å². The van der Waals surface area contributed by atoms with Gasteiger partial charge in [0, 0.05) is 24.2 Å². The Morgan fingerprint density at radius 2 is 0.966 bits per heavy atom. The third kappa shape index (κ3) is 15.7. The molecule has 10 nitrogen and oxygen atoms in total. The smallest absolute Gasteiger partial charge is 0.333 e. The van der Waals surface area contributed by atoms with Crippen LogP contribution in [0.15, 0.2) is 24.3 Å². The average molecular weight is 412 g/mol. The molecular weight excluding hydrogens is 380 g/mol. The Morgan fingerprint density at radius 1 is 0.621 bits per heavy atom. The Bertz CT molecular complexity index is 541. The number of urea groups is 2. The lowest BCUT2D eigenvalue weighted by atomic mass is 10.2. The highest BCUT2D eigenvalue weighted by molar-refractivity contribution is 5.87. The van der Waals surface area contributed by atoms with Gasteiger partial charge in [-0.15, -0.1) is 0 Å². The molecule has 0 atom stereocenters. The highest BCUT2D eigenvalue weighted by Gasteiger charge is 2.05. The summed E-state index contributed by atoms with van der Waals surface area (Å²) in [5.74, 6) is -0.971. The van der Waals surface area contributed by atoms with E-state index in [2.05, 4.69) is 34.4 Å². The quantitative estimate of drug-likeness (QED) is 0.191. The number of ether oxygens (including phenoxy) is 2. The van der Waals surface area contributed by atoms with E-state index in [-0.39, 0.29) is 38.4 Å². The van der Waals surface area contributed by atoms with Crippen LogP contribution in [0.1, 0.15) is 33.1 Å². The van der Waals surface area contributed by atoms with Crippen molar-refractivity contribution in [3.8, 4) is 0 Å². The van der Waals surface area contributed by atoms with Crippen molar-refractivity contribution in [2.75, 3.05) is 39.4 Å². The molecule has 0 heterocycles. The van der Waals surface area contributed by atoms with E-state index in [4.69, 9.17) is 9.47 Å².